The third-order valence-electron chi connectivity index (χ3n) is 4.01. The largest absolute Gasteiger partial charge is 0.328 e. The van der Waals surface area contributed by atoms with Crippen LogP contribution in [0.1, 0.15) is 40.5 Å². The van der Waals surface area contributed by atoms with Gasteiger partial charge in [-0.25, -0.2) is 4.79 Å². The van der Waals surface area contributed by atoms with Crippen molar-refractivity contribution >= 4 is 23.3 Å². The predicted octanol–water partition coefficient (Wildman–Crippen LogP) is 3.85. The highest BCUT2D eigenvalue weighted by Crippen LogP contribution is 2.38. The number of carbonyl (C=O) groups excluding carboxylic acids is 1. The Morgan fingerprint density at radius 1 is 1.29 bits per heavy atom. The van der Waals surface area contributed by atoms with Crippen LogP contribution < -0.4 is 11.1 Å². The van der Waals surface area contributed by atoms with Gasteiger partial charge in [0.05, 0.1) is 0 Å². The molecular formula is C16H24ClN3O. The van der Waals surface area contributed by atoms with Gasteiger partial charge >= 0.3 is 6.03 Å². The predicted molar refractivity (Wildman–Crippen MR) is 87.7 cm³/mol. The van der Waals surface area contributed by atoms with Gasteiger partial charge in [0, 0.05) is 27.8 Å². The zero-order valence-electron chi connectivity index (χ0n) is 13.1. The molecule has 0 aliphatic carbocycles. The molecule has 0 atom stereocenters. The van der Waals surface area contributed by atoms with Crippen LogP contribution in [0.4, 0.5) is 10.5 Å². The van der Waals surface area contributed by atoms with Gasteiger partial charge in [-0.05, 0) is 58.7 Å². The Labute approximate surface area is 131 Å². The topological polar surface area (TPSA) is 58.4 Å². The molecule has 1 aromatic rings. The summed E-state index contributed by atoms with van der Waals surface area (Å²) in [6.07, 6.45) is 1.58. The molecule has 2 amide bonds. The van der Waals surface area contributed by atoms with Gasteiger partial charge in [0.25, 0.3) is 0 Å². The fraction of sp³-hybridized carbons (Fsp3) is 0.562. The van der Waals surface area contributed by atoms with Crippen molar-refractivity contribution < 1.29 is 4.79 Å². The van der Waals surface area contributed by atoms with E-state index in [9.17, 15) is 4.79 Å². The first-order chi connectivity index (χ1) is 9.62. The van der Waals surface area contributed by atoms with Gasteiger partial charge in [-0.1, -0.05) is 17.7 Å². The number of nitrogens with one attached hydrogen (secondary N) is 1. The number of halogens is 1. The lowest BCUT2D eigenvalue weighted by Gasteiger charge is -2.54. The quantitative estimate of drug-likeness (QED) is 0.827. The van der Waals surface area contributed by atoms with E-state index in [0.29, 0.717) is 10.7 Å². The number of nitrogens with two attached hydrogens (primary N) is 1. The Morgan fingerprint density at radius 3 is 2.38 bits per heavy atom. The first-order valence-electron chi connectivity index (χ1n) is 7.24. The van der Waals surface area contributed by atoms with Crippen molar-refractivity contribution in [3.63, 3.8) is 0 Å². The molecule has 0 spiro atoms. The van der Waals surface area contributed by atoms with Crippen molar-refractivity contribution in [1.82, 2.24) is 4.90 Å². The highest BCUT2D eigenvalue weighted by Gasteiger charge is 2.46. The molecule has 116 valence electrons. The number of carbonyl (C=O) groups is 1. The third-order valence-corrected chi connectivity index (χ3v) is 4.25. The van der Waals surface area contributed by atoms with E-state index in [1.54, 1.807) is 12.1 Å². The fourth-order valence-corrected chi connectivity index (χ4v) is 3.84. The van der Waals surface area contributed by atoms with Gasteiger partial charge in [0.15, 0.2) is 0 Å². The summed E-state index contributed by atoms with van der Waals surface area (Å²) < 4.78 is 0. The van der Waals surface area contributed by atoms with E-state index in [1.165, 1.54) is 0 Å². The van der Waals surface area contributed by atoms with E-state index in [-0.39, 0.29) is 23.2 Å². The van der Waals surface area contributed by atoms with E-state index in [0.717, 1.165) is 12.8 Å². The van der Waals surface area contributed by atoms with Crippen LogP contribution >= 0.6 is 11.6 Å². The van der Waals surface area contributed by atoms with Gasteiger partial charge in [0.1, 0.15) is 0 Å². The second-order valence-electron chi connectivity index (χ2n) is 7.07. The first kappa shape index (κ1) is 16.1. The minimum Gasteiger partial charge on any atom is -0.328 e. The molecular weight excluding hydrogens is 286 g/mol. The molecule has 1 fully saturated rings. The first-order valence-corrected chi connectivity index (χ1v) is 7.62. The maximum absolute atomic E-state index is 12.7. The summed E-state index contributed by atoms with van der Waals surface area (Å²) in [5.74, 6) is 0. The Morgan fingerprint density at radius 2 is 1.86 bits per heavy atom. The second-order valence-corrected chi connectivity index (χ2v) is 7.51. The molecule has 21 heavy (non-hydrogen) atoms. The number of hydrogen-bond acceptors (Lipinski definition) is 2. The smallest absolute Gasteiger partial charge is 0.322 e. The van der Waals surface area contributed by atoms with E-state index in [2.05, 4.69) is 33.0 Å². The van der Waals surface area contributed by atoms with Crippen LogP contribution in [0.5, 0.6) is 0 Å². The van der Waals surface area contributed by atoms with Crippen LogP contribution in [0, 0.1) is 0 Å². The number of piperidine rings is 1. The number of benzene rings is 1. The number of urea groups is 1. The van der Waals surface area contributed by atoms with Crippen molar-refractivity contribution in [2.75, 3.05) is 5.32 Å². The molecule has 5 heteroatoms. The van der Waals surface area contributed by atoms with Crippen molar-refractivity contribution in [2.24, 2.45) is 5.73 Å². The number of nitrogens with zero attached hydrogens (tertiary/aromatic N) is 1. The average Bonchev–Trinajstić information content (AvgIpc) is 2.23. The third kappa shape index (κ3) is 3.50. The molecule has 2 rings (SSSR count). The summed E-state index contributed by atoms with van der Waals surface area (Å²) in [5.41, 5.74) is 6.27. The standard InChI is InChI=1S/C16H24ClN3O/c1-15(2)9-12(18)10-16(3,4)20(15)14(21)19-13-7-5-6-11(17)8-13/h5-8,12H,9-10,18H2,1-4H3,(H,19,21). The van der Waals surface area contributed by atoms with Crippen LogP contribution in [0.25, 0.3) is 0 Å². The Bertz CT molecular complexity index is 524. The number of rotatable bonds is 1. The summed E-state index contributed by atoms with van der Waals surface area (Å²) in [6.45, 7) is 8.24. The zero-order valence-corrected chi connectivity index (χ0v) is 13.9. The molecule has 0 radical (unpaired) electrons. The lowest BCUT2D eigenvalue weighted by molar-refractivity contribution is 0.00877. The van der Waals surface area contributed by atoms with Gasteiger partial charge in [-0.15, -0.1) is 0 Å². The van der Waals surface area contributed by atoms with Gasteiger partial charge in [-0.3, -0.25) is 0 Å². The fourth-order valence-electron chi connectivity index (χ4n) is 3.65. The van der Waals surface area contributed by atoms with Crippen LogP contribution in [0.2, 0.25) is 5.02 Å². The number of amides is 2. The summed E-state index contributed by atoms with van der Waals surface area (Å²) in [5, 5.41) is 3.54. The Balaban J connectivity index is 2.24. The summed E-state index contributed by atoms with van der Waals surface area (Å²) in [4.78, 5) is 14.7. The lowest BCUT2D eigenvalue weighted by atomic mass is 9.77. The van der Waals surface area contributed by atoms with Crippen molar-refractivity contribution in [3.8, 4) is 0 Å². The molecule has 1 saturated heterocycles. The number of hydrogen-bond donors (Lipinski definition) is 2. The normalized spacial score (nSPS) is 21.1. The van der Waals surface area contributed by atoms with E-state index < -0.39 is 0 Å². The van der Waals surface area contributed by atoms with Gasteiger partial charge in [-0.2, -0.15) is 0 Å². The Hall–Kier alpha value is -1.26. The van der Waals surface area contributed by atoms with E-state index in [4.69, 9.17) is 17.3 Å². The minimum atomic E-state index is -0.288. The summed E-state index contributed by atoms with van der Waals surface area (Å²) in [6, 6.07) is 7.18. The van der Waals surface area contributed by atoms with Crippen LogP contribution in [-0.4, -0.2) is 28.1 Å². The molecule has 1 aliphatic rings. The second kappa shape index (κ2) is 5.50. The van der Waals surface area contributed by atoms with Gasteiger partial charge in [0.2, 0.25) is 0 Å². The molecule has 0 unspecified atom stereocenters. The van der Waals surface area contributed by atoms with E-state index in [1.807, 2.05) is 17.0 Å². The SMILES string of the molecule is CC1(C)CC(N)CC(C)(C)N1C(=O)Nc1cccc(Cl)c1. The summed E-state index contributed by atoms with van der Waals surface area (Å²) in [7, 11) is 0. The maximum atomic E-state index is 12.7. The molecule has 1 aromatic carbocycles. The number of likely N-dealkylation sites (tertiary alicyclic amines) is 1. The molecule has 1 aliphatic heterocycles. The molecule has 0 saturated carbocycles. The van der Waals surface area contributed by atoms with Crippen LogP contribution in [-0.2, 0) is 0 Å². The minimum absolute atomic E-state index is 0.112. The highest BCUT2D eigenvalue weighted by molar-refractivity contribution is 6.30. The monoisotopic (exact) mass is 309 g/mol. The highest BCUT2D eigenvalue weighted by atomic mass is 35.5. The molecule has 0 aromatic heterocycles. The Kier molecular flexibility index (Phi) is 4.22. The molecule has 0 bridgehead atoms. The maximum Gasteiger partial charge on any atom is 0.322 e. The summed E-state index contributed by atoms with van der Waals surface area (Å²) >= 11 is 5.96. The lowest BCUT2D eigenvalue weighted by Crippen LogP contribution is -2.66. The number of anilines is 1. The van der Waals surface area contributed by atoms with Gasteiger partial charge < -0.3 is 16.0 Å². The van der Waals surface area contributed by atoms with Crippen molar-refractivity contribution in [3.05, 3.63) is 29.3 Å². The molecule has 1 heterocycles. The zero-order chi connectivity index (χ0) is 15.8. The molecule has 3 N–H and O–H groups in total. The average molecular weight is 310 g/mol. The van der Waals surface area contributed by atoms with Crippen LogP contribution in [0.3, 0.4) is 0 Å². The van der Waals surface area contributed by atoms with Crippen molar-refractivity contribution in [1.29, 1.82) is 0 Å². The van der Waals surface area contributed by atoms with Crippen molar-refractivity contribution in [2.45, 2.75) is 57.7 Å². The molecule has 4 nitrogen and oxygen atoms in total. The van der Waals surface area contributed by atoms with Crippen LogP contribution in [0.15, 0.2) is 24.3 Å². The van der Waals surface area contributed by atoms with E-state index >= 15 is 0 Å².